The lowest BCUT2D eigenvalue weighted by Gasteiger charge is -2.21. The molecule has 0 saturated carbocycles. The van der Waals surface area contributed by atoms with Crippen LogP contribution in [0.3, 0.4) is 0 Å². The molecule has 1 atom stereocenters. The highest BCUT2D eigenvalue weighted by Gasteiger charge is 2.29. The quantitative estimate of drug-likeness (QED) is 0.733. The van der Waals surface area contributed by atoms with Crippen molar-refractivity contribution in [3.63, 3.8) is 0 Å². The molecule has 0 unspecified atom stereocenters. The van der Waals surface area contributed by atoms with Gasteiger partial charge in [-0.2, -0.15) is 0 Å². The molecule has 0 fully saturated rings. The van der Waals surface area contributed by atoms with Gasteiger partial charge in [0.2, 0.25) is 0 Å². The molecule has 2 aromatic rings. The molecule has 6 nitrogen and oxygen atoms in total. The van der Waals surface area contributed by atoms with E-state index in [4.69, 9.17) is 14.2 Å². The summed E-state index contributed by atoms with van der Waals surface area (Å²) in [6.45, 7) is 2.21. The Hall–Kier alpha value is -3.02. The van der Waals surface area contributed by atoms with Crippen molar-refractivity contribution in [2.45, 2.75) is 25.9 Å². The van der Waals surface area contributed by atoms with Crippen molar-refractivity contribution in [2.75, 3.05) is 25.7 Å². The largest absolute Gasteiger partial charge is 0.493 e. The number of hydrogen-bond donors (Lipinski definition) is 0. The van der Waals surface area contributed by atoms with E-state index in [1.807, 2.05) is 24.3 Å². The fourth-order valence-electron chi connectivity index (χ4n) is 3.23. The van der Waals surface area contributed by atoms with Gasteiger partial charge in [0, 0.05) is 12.2 Å². The van der Waals surface area contributed by atoms with Crippen LogP contribution in [0.1, 0.15) is 18.1 Å². The van der Waals surface area contributed by atoms with E-state index in [0.29, 0.717) is 18.0 Å². The van der Waals surface area contributed by atoms with E-state index in [1.165, 1.54) is 7.11 Å². The van der Waals surface area contributed by atoms with E-state index < -0.39 is 12.1 Å². The molecule has 1 heterocycles. The van der Waals surface area contributed by atoms with Crippen molar-refractivity contribution in [1.29, 1.82) is 0 Å². The monoisotopic (exact) mass is 369 g/mol. The molecule has 27 heavy (non-hydrogen) atoms. The van der Waals surface area contributed by atoms with Crippen LogP contribution in [0.2, 0.25) is 0 Å². The molecule has 142 valence electrons. The van der Waals surface area contributed by atoms with Crippen molar-refractivity contribution in [3.8, 4) is 11.5 Å². The fraction of sp³-hybridized carbons (Fsp3) is 0.333. The average molecular weight is 369 g/mol. The maximum Gasteiger partial charge on any atom is 0.311 e. The van der Waals surface area contributed by atoms with Crippen LogP contribution in [-0.4, -0.2) is 38.7 Å². The predicted octanol–water partition coefficient (Wildman–Crippen LogP) is 2.77. The zero-order chi connectivity index (χ0) is 19.4. The first kappa shape index (κ1) is 18.8. The number of hydrogen-bond acceptors (Lipinski definition) is 5. The second-order valence-electron chi connectivity index (χ2n) is 6.37. The Kier molecular flexibility index (Phi) is 5.64. The van der Waals surface area contributed by atoms with Crippen LogP contribution in [0.25, 0.3) is 0 Å². The summed E-state index contributed by atoms with van der Waals surface area (Å²) in [7, 11) is 3.09. The van der Waals surface area contributed by atoms with Crippen molar-refractivity contribution in [1.82, 2.24) is 0 Å². The average Bonchev–Trinajstić information content (AvgIpc) is 3.11. The zero-order valence-electron chi connectivity index (χ0n) is 15.7. The van der Waals surface area contributed by atoms with Gasteiger partial charge in [0.15, 0.2) is 17.6 Å². The number of carbonyl (C=O) groups excluding carboxylic acids is 2. The number of para-hydroxylation sites is 1. The summed E-state index contributed by atoms with van der Waals surface area (Å²) in [6.07, 6.45) is 0.0202. The molecular formula is C21H23NO5. The van der Waals surface area contributed by atoms with Gasteiger partial charge in [-0.25, -0.2) is 0 Å². The number of carbonyl (C=O) groups is 2. The van der Waals surface area contributed by atoms with Crippen LogP contribution in [0.4, 0.5) is 5.69 Å². The summed E-state index contributed by atoms with van der Waals surface area (Å²) in [5, 5.41) is 0. The van der Waals surface area contributed by atoms with Crippen LogP contribution >= 0.6 is 0 Å². The number of amides is 1. The Bertz CT molecular complexity index is 848. The molecule has 1 aliphatic rings. The van der Waals surface area contributed by atoms with Gasteiger partial charge in [-0.3, -0.25) is 9.59 Å². The van der Waals surface area contributed by atoms with Gasteiger partial charge < -0.3 is 19.1 Å². The Morgan fingerprint density at radius 3 is 2.56 bits per heavy atom. The second-order valence-corrected chi connectivity index (χ2v) is 6.37. The van der Waals surface area contributed by atoms with Crippen molar-refractivity contribution in [3.05, 3.63) is 53.6 Å². The smallest absolute Gasteiger partial charge is 0.311 e. The number of ether oxygens (including phenoxy) is 3. The molecule has 0 spiro atoms. The first-order valence-electron chi connectivity index (χ1n) is 8.83. The van der Waals surface area contributed by atoms with Crippen LogP contribution < -0.4 is 14.4 Å². The highest BCUT2D eigenvalue weighted by molar-refractivity contribution is 5.99. The summed E-state index contributed by atoms with van der Waals surface area (Å²) < 4.78 is 15.8. The van der Waals surface area contributed by atoms with E-state index in [0.717, 1.165) is 23.2 Å². The van der Waals surface area contributed by atoms with Gasteiger partial charge in [-0.15, -0.1) is 0 Å². The molecule has 0 aliphatic carbocycles. The summed E-state index contributed by atoms with van der Waals surface area (Å²) in [4.78, 5) is 26.7. The topological polar surface area (TPSA) is 65.1 Å². The molecule has 0 bridgehead atoms. The van der Waals surface area contributed by atoms with Crippen LogP contribution in [-0.2, 0) is 27.2 Å². The third-order valence-corrected chi connectivity index (χ3v) is 4.61. The molecule has 0 radical (unpaired) electrons. The second kappa shape index (κ2) is 8.12. The van der Waals surface area contributed by atoms with E-state index >= 15 is 0 Å². The lowest BCUT2D eigenvalue weighted by atomic mass is 10.1. The van der Waals surface area contributed by atoms with Crippen LogP contribution in [0.5, 0.6) is 11.5 Å². The number of benzene rings is 2. The van der Waals surface area contributed by atoms with E-state index in [-0.39, 0.29) is 12.3 Å². The highest BCUT2D eigenvalue weighted by Crippen LogP contribution is 2.29. The summed E-state index contributed by atoms with van der Waals surface area (Å²) in [6, 6.07) is 13.0. The maximum atomic E-state index is 12.7. The highest BCUT2D eigenvalue weighted by atomic mass is 16.5. The predicted molar refractivity (Wildman–Crippen MR) is 101 cm³/mol. The van der Waals surface area contributed by atoms with Gasteiger partial charge in [0.05, 0.1) is 20.6 Å². The number of rotatable bonds is 6. The summed E-state index contributed by atoms with van der Waals surface area (Å²) in [5.74, 6) is 0.461. The molecule has 0 N–H and O–H groups in total. The SMILES string of the molecule is COc1ccc(CC(=O)O[C@H](C)C(=O)N2CCc3ccccc32)cc1OC. The number of esters is 1. The third kappa shape index (κ3) is 4.05. The lowest BCUT2D eigenvalue weighted by molar-refractivity contribution is -0.153. The molecule has 1 aliphatic heterocycles. The first-order chi connectivity index (χ1) is 13.0. The normalized spacial score (nSPS) is 13.7. The van der Waals surface area contributed by atoms with Gasteiger partial charge >= 0.3 is 5.97 Å². The van der Waals surface area contributed by atoms with Gasteiger partial charge in [-0.05, 0) is 42.7 Å². The van der Waals surface area contributed by atoms with Crippen LogP contribution in [0, 0.1) is 0 Å². The van der Waals surface area contributed by atoms with Gasteiger partial charge in [-0.1, -0.05) is 24.3 Å². The van der Waals surface area contributed by atoms with E-state index in [1.54, 1.807) is 37.1 Å². The van der Waals surface area contributed by atoms with Crippen LogP contribution in [0.15, 0.2) is 42.5 Å². The van der Waals surface area contributed by atoms with Crippen molar-refractivity contribution < 1.29 is 23.8 Å². The minimum Gasteiger partial charge on any atom is -0.493 e. The molecular weight excluding hydrogens is 346 g/mol. The van der Waals surface area contributed by atoms with E-state index in [2.05, 4.69) is 0 Å². The number of fused-ring (bicyclic) bond motifs is 1. The maximum absolute atomic E-state index is 12.7. The molecule has 1 amide bonds. The Morgan fingerprint density at radius 1 is 1.07 bits per heavy atom. The zero-order valence-corrected chi connectivity index (χ0v) is 15.7. The van der Waals surface area contributed by atoms with Gasteiger partial charge in [0.25, 0.3) is 5.91 Å². The van der Waals surface area contributed by atoms with Gasteiger partial charge in [0.1, 0.15) is 0 Å². The molecule has 2 aromatic carbocycles. The van der Waals surface area contributed by atoms with E-state index in [9.17, 15) is 9.59 Å². The number of nitrogens with zero attached hydrogens (tertiary/aromatic N) is 1. The molecule has 6 heteroatoms. The minimum atomic E-state index is -0.844. The minimum absolute atomic E-state index is 0.0502. The number of methoxy groups -OCH3 is 2. The summed E-state index contributed by atoms with van der Waals surface area (Å²) in [5.41, 5.74) is 2.75. The molecule has 0 aromatic heterocycles. The Labute approximate surface area is 158 Å². The first-order valence-corrected chi connectivity index (χ1v) is 8.83. The molecule has 0 saturated heterocycles. The Balaban J connectivity index is 1.62. The fourth-order valence-corrected chi connectivity index (χ4v) is 3.23. The lowest BCUT2D eigenvalue weighted by Crippen LogP contribution is -2.39. The summed E-state index contributed by atoms with van der Waals surface area (Å²) >= 11 is 0. The third-order valence-electron chi connectivity index (χ3n) is 4.61. The molecule has 3 rings (SSSR count). The van der Waals surface area contributed by atoms with Crippen molar-refractivity contribution in [2.24, 2.45) is 0 Å². The number of anilines is 1. The van der Waals surface area contributed by atoms with Crippen molar-refractivity contribution >= 4 is 17.6 Å². The standard InChI is InChI=1S/C21H23NO5/c1-14(21(24)22-11-10-16-6-4-5-7-17(16)22)27-20(23)13-15-8-9-18(25-2)19(12-15)26-3/h4-9,12,14H,10-11,13H2,1-3H3/t14-/m1/s1. The Morgan fingerprint density at radius 2 is 1.81 bits per heavy atom.